The molecule has 3 aromatic heterocycles. The van der Waals surface area contributed by atoms with Gasteiger partial charge in [-0.25, -0.2) is 9.78 Å². The number of carbonyl (C=O) groups is 1. The van der Waals surface area contributed by atoms with Crippen molar-refractivity contribution in [1.82, 2.24) is 15.1 Å². The first-order valence-corrected chi connectivity index (χ1v) is 8.93. The number of aromatic nitrogens is 3. The minimum absolute atomic E-state index is 0.118. The van der Waals surface area contributed by atoms with Crippen molar-refractivity contribution in [3.63, 3.8) is 0 Å². The number of thiazole rings is 1. The van der Waals surface area contributed by atoms with Crippen molar-refractivity contribution in [1.29, 1.82) is 0 Å². The molecule has 0 aliphatic carbocycles. The Balaban J connectivity index is 1.30. The summed E-state index contributed by atoms with van der Waals surface area (Å²) in [6.07, 6.45) is 1.50. The molecule has 9 heteroatoms. The fraction of sp³-hybridized carbons (Fsp3) is 0.111. The van der Waals surface area contributed by atoms with Crippen LogP contribution in [0.25, 0.3) is 11.7 Å². The quantitative estimate of drug-likeness (QED) is 0.482. The second-order valence-corrected chi connectivity index (χ2v) is 6.30. The van der Waals surface area contributed by atoms with E-state index in [1.54, 1.807) is 17.5 Å². The second-order valence-electron chi connectivity index (χ2n) is 5.45. The lowest BCUT2D eigenvalue weighted by Gasteiger charge is -2.02. The van der Waals surface area contributed by atoms with Crippen LogP contribution in [0.2, 0.25) is 0 Å². The molecule has 0 aliphatic heterocycles. The largest absolute Gasteiger partial charge is 0.459 e. The Labute approximate surface area is 157 Å². The van der Waals surface area contributed by atoms with E-state index in [1.807, 2.05) is 30.3 Å². The molecule has 1 aromatic carbocycles. The molecule has 0 spiro atoms. The molecule has 0 saturated carbocycles. The molecule has 4 aromatic rings. The van der Waals surface area contributed by atoms with Gasteiger partial charge in [-0.05, 0) is 17.7 Å². The number of hydrogen-bond donors (Lipinski definition) is 1. The molecule has 136 valence electrons. The van der Waals surface area contributed by atoms with E-state index in [2.05, 4.69) is 20.4 Å². The number of nitrogens with zero attached hydrogens (tertiary/aromatic N) is 3. The number of rotatable bonds is 7. The third-order valence-corrected chi connectivity index (χ3v) is 4.33. The maximum absolute atomic E-state index is 12.1. The van der Waals surface area contributed by atoms with Crippen molar-refractivity contribution in [2.75, 3.05) is 5.32 Å². The molecule has 27 heavy (non-hydrogen) atoms. The van der Waals surface area contributed by atoms with Crippen LogP contribution in [0.5, 0.6) is 0 Å². The summed E-state index contributed by atoms with van der Waals surface area (Å²) in [7, 11) is 0. The number of nitrogens with one attached hydrogen (secondary N) is 1. The van der Waals surface area contributed by atoms with Gasteiger partial charge in [0, 0.05) is 11.9 Å². The van der Waals surface area contributed by atoms with Crippen LogP contribution in [0, 0.1) is 0 Å². The Kier molecular flexibility index (Phi) is 4.93. The topological polar surface area (TPSA) is 103 Å². The Morgan fingerprint density at radius 2 is 2.04 bits per heavy atom. The lowest BCUT2D eigenvalue weighted by atomic mass is 10.2. The highest BCUT2D eigenvalue weighted by Gasteiger charge is 2.16. The minimum Gasteiger partial charge on any atom is -0.459 e. The van der Waals surface area contributed by atoms with E-state index in [9.17, 15) is 4.79 Å². The Morgan fingerprint density at radius 1 is 1.15 bits per heavy atom. The summed E-state index contributed by atoms with van der Waals surface area (Å²) < 4.78 is 15.4. The van der Waals surface area contributed by atoms with E-state index in [1.165, 1.54) is 17.6 Å². The second kappa shape index (κ2) is 7.83. The van der Waals surface area contributed by atoms with Crippen molar-refractivity contribution < 1.29 is 18.5 Å². The summed E-state index contributed by atoms with van der Waals surface area (Å²) in [6, 6.07) is 13.3. The highest BCUT2D eigenvalue weighted by Crippen LogP contribution is 2.19. The van der Waals surface area contributed by atoms with Gasteiger partial charge in [0.2, 0.25) is 5.82 Å². The van der Waals surface area contributed by atoms with Crippen LogP contribution < -0.4 is 5.32 Å². The van der Waals surface area contributed by atoms with Gasteiger partial charge in [0.25, 0.3) is 5.89 Å². The molecule has 0 atom stereocenters. The lowest BCUT2D eigenvalue weighted by molar-refractivity contribution is 0.0454. The molecule has 3 heterocycles. The zero-order valence-corrected chi connectivity index (χ0v) is 14.8. The van der Waals surface area contributed by atoms with E-state index in [4.69, 9.17) is 13.7 Å². The standard InChI is InChI=1S/C18H14N4O4S/c23-17(25-10-15-21-16(26-22-15)14-7-4-8-24-14)13-11-27-18(20-13)19-9-12-5-2-1-3-6-12/h1-8,11H,9-10H2,(H,19,20). The predicted octanol–water partition coefficient (Wildman–Crippen LogP) is 3.76. The van der Waals surface area contributed by atoms with Crippen LogP contribution in [0.1, 0.15) is 21.9 Å². The summed E-state index contributed by atoms with van der Waals surface area (Å²) in [5.74, 6) is 0.372. The lowest BCUT2D eigenvalue weighted by Crippen LogP contribution is -2.07. The third-order valence-electron chi connectivity index (χ3n) is 3.53. The van der Waals surface area contributed by atoms with E-state index >= 15 is 0 Å². The van der Waals surface area contributed by atoms with Gasteiger partial charge >= 0.3 is 5.97 Å². The Morgan fingerprint density at radius 3 is 2.85 bits per heavy atom. The SMILES string of the molecule is O=C(OCc1noc(-c2ccco2)n1)c1csc(NCc2ccccc2)n1. The Bertz CT molecular complexity index is 1010. The molecule has 0 aliphatic rings. The van der Waals surface area contributed by atoms with Crippen LogP contribution >= 0.6 is 11.3 Å². The van der Waals surface area contributed by atoms with Gasteiger partial charge < -0.3 is 19.0 Å². The van der Waals surface area contributed by atoms with E-state index in [0.29, 0.717) is 17.4 Å². The average Bonchev–Trinajstić information content (AvgIpc) is 3.46. The third kappa shape index (κ3) is 4.21. The number of benzene rings is 1. The minimum atomic E-state index is -0.552. The maximum atomic E-state index is 12.1. The maximum Gasteiger partial charge on any atom is 0.358 e. The molecular formula is C18H14N4O4S. The van der Waals surface area contributed by atoms with E-state index in [0.717, 1.165) is 5.56 Å². The highest BCUT2D eigenvalue weighted by atomic mass is 32.1. The summed E-state index contributed by atoms with van der Waals surface area (Å²) in [4.78, 5) is 20.5. The first-order valence-electron chi connectivity index (χ1n) is 8.05. The van der Waals surface area contributed by atoms with Gasteiger partial charge in [-0.2, -0.15) is 4.98 Å². The van der Waals surface area contributed by atoms with Gasteiger partial charge in [0.05, 0.1) is 6.26 Å². The normalized spacial score (nSPS) is 10.7. The predicted molar refractivity (Wildman–Crippen MR) is 97.0 cm³/mol. The van der Waals surface area contributed by atoms with Gasteiger partial charge in [0.1, 0.15) is 0 Å². The highest BCUT2D eigenvalue weighted by molar-refractivity contribution is 7.13. The van der Waals surface area contributed by atoms with Crippen molar-refractivity contribution >= 4 is 22.4 Å². The van der Waals surface area contributed by atoms with Crippen molar-refractivity contribution in [3.05, 3.63) is 71.2 Å². The Hall–Kier alpha value is -3.46. The van der Waals surface area contributed by atoms with Gasteiger partial charge in [-0.3, -0.25) is 0 Å². The molecule has 0 unspecified atom stereocenters. The first kappa shape index (κ1) is 17.0. The van der Waals surface area contributed by atoms with E-state index < -0.39 is 5.97 Å². The van der Waals surface area contributed by atoms with Gasteiger partial charge in [0.15, 0.2) is 23.2 Å². The van der Waals surface area contributed by atoms with Crippen LogP contribution in [-0.2, 0) is 17.9 Å². The molecule has 0 bridgehead atoms. The number of furan rings is 1. The van der Waals surface area contributed by atoms with Crippen molar-refractivity contribution in [2.45, 2.75) is 13.2 Å². The monoisotopic (exact) mass is 382 g/mol. The zero-order valence-electron chi connectivity index (χ0n) is 14.0. The number of hydrogen-bond acceptors (Lipinski definition) is 9. The van der Waals surface area contributed by atoms with Crippen LogP contribution in [0.4, 0.5) is 5.13 Å². The summed E-state index contributed by atoms with van der Waals surface area (Å²) in [5, 5.41) is 9.21. The fourth-order valence-corrected chi connectivity index (χ4v) is 2.92. The molecule has 0 fully saturated rings. The number of carbonyl (C=O) groups excluding carboxylic acids is 1. The van der Waals surface area contributed by atoms with Gasteiger partial charge in [-0.1, -0.05) is 35.5 Å². The number of ether oxygens (including phenoxy) is 1. The number of anilines is 1. The van der Waals surface area contributed by atoms with Crippen molar-refractivity contribution in [2.24, 2.45) is 0 Å². The molecule has 0 amide bonds. The van der Waals surface area contributed by atoms with Gasteiger partial charge in [-0.15, -0.1) is 11.3 Å². The van der Waals surface area contributed by atoms with E-state index in [-0.39, 0.29) is 24.0 Å². The molecule has 0 radical (unpaired) electrons. The molecule has 4 rings (SSSR count). The first-order chi connectivity index (χ1) is 13.3. The summed E-state index contributed by atoms with van der Waals surface area (Å²) >= 11 is 1.34. The smallest absolute Gasteiger partial charge is 0.358 e. The average molecular weight is 382 g/mol. The molecule has 8 nitrogen and oxygen atoms in total. The van der Waals surface area contributed by atoms with Crippen LogP contribution in [0.3, 0.4) is 0 Å². The summed E-state index contributed by atoms with van der Waals surface area (Å²) in [5.41, 5.74) is 1.35. The van der Waals surface area contributed by atoms with Crippen LogP contribution in [-0.4, -0.2) is 21.1 Å². The zero-order chi connectivity index (χ0) is 18.5. The molecule has 0 saturated heterocycles. The molecular weight excluding hydrogens is 368 g/mol. The van der Waals surface area contributed by atoms with Crippen LogP contribution in [0.15, 0.2) is 63.0 Å². The summed E-state index contributed by atoms with van der Waals surface area (Å²) in [6.45, 7) is 0.509. The fourth-order valence-electron chi connectivity index (χ4n) is 2.24. The molecule has 1 N–H and O–H groups in total. The number of esters is 1. The van der Waals surface area contributed by atoms with Crippen molar-refractivity contribution in [3.8, 4) is 11.7 Å².